The summed E-state index contributed by atoms with van der Waals surface area (Å²) in [5, 5.41) is 4.98. The van der Waals surface area contributed by atoms with Gasteiger partial charge in [-0.1, -0.05) is 55.9 Å². The van der Waals surface area contributed by atoms with E-state index in [1.165, 1.54) is 5.56 Å². The Morgan fingerprint density at radius 2 is 1.90 bits per heavy atom. The highest BCUT2D eigenvalue weighted by atomic mass is 32.2. The number of benzene rings is 1. The molecule has 2 atom stereocenters. The fourth-order valence-electron chi connectivity index (χ4n) is 2.36. The summed E-state index contributed by atoms with van der Waals surface area (Å²) in [6.07, 6.45) is 3.85. The van der Waals surface area contributed by atoms with Gasteiger partial charge in [0.2, 0.25) is 0 Å². The smallest absolute Gasteiger partial charge is 0.168 e. The minimum absolute atomic E-state index is 0.318. The maximum Gasteiger partial charge on any atom is 0.168 e. The van der Waals surface area contributed by atoms with E-state index in [2.05, 4.69) is 59.0 Å². The van der Waals surface area contributed by atoms with Gasteiger partial charge in [0.25, 0.3) is 0 Å². The summed E-state index contributed by atoms with van der Waals surface area (Å²) in [5.41, 5.74) is 1.33. The third-order valence-electron chi connectivity index (χ3n) is 3.47. The normalized spacial score (nSPS) is 14.4. The molecule has 0 spiro atoms. The standard InChI is InChI=1S/C16H23N3S/c1-12(2)15(20-16-18-10-11-19(16)4)14(17-3)13-8-6-5-7-9-13/h5-12,14-15,17H,1-4H3. The second kappa shape index (κ2) is 6.95. The van der Waals surface area contributed by atoms with E-state index in [-0.39, 0.29) is 0 Å². The fourth-order valence-corrected chi connectivity index (χ4v) is 3.65. The van der Waals surface area contributed by atoms with Gasteiger partial charge in [0.15, 0.2) is 5.16 Å². The lowest BCUT2D eigenvalue weighted by molar-refractivity contribution is 0.471. The second-order valence-electron chi connectivity index (χ2n) is 5.32. The van der Waals surface area contributed by atoms with Crippen molar-refractivity contribution in [3.63, 3.8) is 0 Å². The molecular weight excluding hydrogens is 266 g/mol. The predicted molar refractivity (Wildman–Crippen MR) is 85.9 cm³/mol. The summed E-state index contributed by atoms with van der Waals surface area (Å²) in [7, 11) is 4.08. The van der Waals surface area contributed by atoms with Gasteiger partial charge in [-0.25, -0.2) is 4.98 Å². The molecule has 2 rings (SSSR count). The average molecular weight is 289 g/mol. The Morgan fingerprint density at radius 3 is 2.40 bits per heavy atom. The highest BCUT2D eigenvalue weighted by molar-refractivity contribution is 7.99. The number of hydrogen-bond acceptors (Lipinski definition) is 3. The van der Waals surface area contributed by atoms with Crippen LogP contribution in [-0.4, -0.2) is 21.8 Å². The van der Waals surface area contributed by atoms with Gasteiger partial charge < -0.3 is 9.88 Å². The Labute approximate surface area is 125 Å². The molecule has 108 valence electrons. The number of thioether (sulfide) groups is 1. The lowest BCUT2D eigenvalue weighted by Crippen LogP contribution is -2.31. The first-order valence-corrected chi connectivity index (χ1v) is 7.87. The quantitative estimate of drug-likeness (QED) is 0.826. The van der Waals surface area contributed by atoms with E-state index >= 15 is 0 Å². The highest BCUT2D eigenvalue weighted by Crippen LogP contribution is 2.35. The number of aryl methyl sites for hydroxylation is 1. The van der Waals surface area contributed by atoms with E-state index < -0.39 is 0 Å². The number of nitrogens with zero attached hydrogens (tertiary/aromatic N) is 2. The van der Waals surface area contributed by atoms with Gasteiger partial charge in [-0.05, 0) is 18.5 Å². The molecule has 1 N–H and O–H groups in total. The van der Waals surface area contributed by atoms with E-state index in [0.29, 0.717) is 17.2 Å². The third-order valence-corrected chi connectivity index (χ3v) is 5.17. The number of hydrogen-bond donors (Lipinski definition) is 1. The largest absolute Gasteiger partial charge is 0.329 e. The molecule has 0 bridgehead atoms. The van der Waals surface area contributed by atoms with Crippen LogP contribution in [0, 0.1) is 5.92 Å². The van der Waals surface area contributed by atoms with Gasteiger partial charge in [0.1, 0.15) is 0 Å². The molecule has 0 fully saturated rings. The van der Waals surface area contributed by atoms with Crippen molar-refractivity contribution in [1.82, 2.24) is 14.9 Å². The van der Waals surface area contributed by atoms with Crippen LogP contribution in [0.2, 0.25) is 0 Å². The Bertz CT molecular complexity index is 522. The van der Waals surface area contributed by atoms with Crippen molar-refractivity contribution in [3.8, 4) is 0 Å². The van der Waals surface area contributed by atoms with Crippen molar-refractivity contribution in [2.45, 2.75) is 30.3 Å². The van der Waals surface area contributed by atoms with Crippen molar-refractivity contribution in [1.29, 1.82) is 0 Å². The summed E-state index contributed by atoms with van der Waals surface area (Å²) < 4.78 is 2.08. The van der Waals surface area contributed by atoms with Crippen LogP contribution in [0.15, 0.2) is 47.9 Å². The van der Waals surface area contributed by atoms with Gasteiger partial charge in [0.05, 0.1) is 0 Å². The van der Waals surface area contributed by atoms with Crippen molar-refractivity contribution in [2.75, 3.05) is 7.05 Å². The Hall–Kier alpha value is -1.26. The topological polar surface area (TPSA) is 29.9 Å². The summed E-state index contributed by atoms with van der Waals surface area (Å²) in [4.78, 5) is 4.45. The number of aromatic nitrogens is 2. The van der Waals surface area contributed by atoms with Crippen LogP contribution < -0.4 is 5.32 Å². The van der Waals surface area contributed by atoms with Gasteiger partial charge >= 0.3 is 0 Å². The molecule has 0 aliphatic heterocycles. The molecule has 0 aliphatic rings. The zero-order valence-corrected chi connectivity index (χ0v) is 13.4. The maximum absolute atomic E-state index is 4.45. The third kappa shape index (κ3) is 3.44. The first kappa shape index (κ1) is 15.1. The minimum Gasteiger partial charge on any atom is -0.329 e. The number of nitrogens with one attached hydrogen (secondary N) is 1. The first-order chi connectivity index (χ1) is 9.63. The Balaban J connectivity index is 2.25. The van der Waals surface area contributed by atoms with E-state index in [9.17, 15) is 0 Å². The second-order valence-corrected chi connectivity index (χ2v) is 6.47. The predicted octanol–water partition coefficient (Wildman–Crippen LogP) is 3.50. The van der Waals surface area contributed by atoms with Crippen LogP contribution in [0.5, 0.6) is 0 Å². The van der Waals surface area contributed by atoms with Crippen LogP contribution in [-0.2, 0) is 7.05 Å². The molecule has 1 aromatic heterocycles. The van der Waals surface area contributed by atoms with Gasteiger partial charge in [-0.15, -0.1) is 0 Å². The molecular formula is C16H23N3S. The molecule has 2 unspecified atom stereocenters. The summed E-state index contributed by atoms with van der Waals surface area (Å²) in [6.45, 7) is 4.54. The molecule has 0 radical (unpaired) electrons. The molecule has 0 saturated carbocycles. The van der Waals surface area contributed by atoms with E-state index in [1.54, 1.807) is 0 Å². The van der Waals surface area contributed by atoms with Gasteiger partial charge in [-0.3, -0.25) is 0 Å². The Kier molecular flexibility index (Phi) is 5.26. The van der Waals surface area contributed by atoms with Gasteiger partial charge in [0, 0.05) is 30.7 Å². The van der Waals surface area contributed by atoms with Crippen LogP contribution in [0.3, 0.4) is 0 Å². The van der Waals surface area contributed by atoms with Crippen LogP contribution in [0.4, 0.5) is 0 Å². The van der Waals surface area contributed by atoms with Crippen molar-refractivity contribution in [2.24, 2.45) is 13.0 Å². The average Bonchev–Trinajstić information content (AvgIpc) is 2.85. The van der Waals surface area contributed by atoms with Crippen LogP contribution in [0.25, 0.3) is 0 Å². The van der Waals surface area contributed by atoms with Crippen molar-refractivity contribution < 1.29 is 0 Å². The van der Waals surface area contributed by atoms with Gasteiger partial charge in [-0.2, -0.15) is 0 Å². The molecule has 2 aromatic rings. The fraction of sp³-hybridized carbons (Fsp3) is 0.438. The molecule has 20 heavy (non-hydrogen) atoms. The zero-order chi connectivity index (χ0) is 14.5. The first-order valence-electron chi connectivity index (χ1n) is 6.99. The van der Waals surface area contributed by atoms with Crippen LogP contribution >= 0.6 is 11.8 Å². The van der Waals surface area contributed by atoms with Crippen molar-refractivity contribution in [3.05, 3.63) is 48.3 Å². The molecule has 1 aromatic carbocycles. The molecule has 0 amide bonds. The number of rotatable bonds is 6. The van der Waals surface area contributed by atoms with Crippen LogP contribution in [0.1, 0.15) is 25.5 Å². The minimum atomic E-state index is 0.318. The maximum atomic E-state index is 4.45. The zero-order valence-electron chi connectivity index (χ0n) is 12.6. The summed E-state index contributed by atoms with van der Waals surface area (Å²) in [6, 6.07) is 11.0. The molecule has 4 heteroatoms. The summed E-state index contributed by atoms with van der Waals surface area (Å²) in [5.74, 6) is 0.550. The SMILES string of the molecule is CNC(c1ccccc1)C(Sc1nccn1C)C(C)C. The lowest BCUT2D eigenvalue weighted by atomic mass is 9.96. The van der Waals surface area contributed by atoms with E-state index in [1.807, 2.05) is 38.3 Å². The van der Waals surface area contributed by atoms with Crippen molar-refractivity contribution >= 4 is 11.8 Å². The molecule has 1 heterocycles. The molecule has 0 saturated heterocycles. The van der Waals surface area contributed by atoms with E-state index in [4.69, 9.17) is 0 Å². The molecule has 3 nitrogen and oxygen atoms in total. The monoisotopic (exact) mass is 289 g/mol. The highest BCUT2D eigenvalue weighted by Gasteiger charge is 2.27. The Morgan fingerprint density at radius 1 is 1.20 bits per heavy atom. The number of imidazole rings is 1. The lowest BCUT2D eigenvalue weighted by Gasteiger charge is -2.29. The molecule has 0 aliphatic carbocycles. The summed E-state index contributed by atoms with van der Waals surface area (Å²) >= 11 is 1.85. The van der Waals surface area contributed by atoms with E-state index in [0.717, 1.165) is 5.16 Å².